The van der Waals surface area contributed by atoms with E-state index in [0.717, 1.165) is 11.3 Å². The molecule has 0 aliphatic carbocycles. The van der Waals surface area contributed by atoms with Gasteiger partial charge in [-0.25, -0.2) is 0 Å². The Hall–Kier alpha value is -1.71. The predicted molar refractivity (Wildman–Crippen MR) is 81.5 cm³/mol. The highest BCUT2D eigenvalue weighted by atomic mass is 35.5. The number of hydrogen-bond acceptors (Lipinski definition) is 2. The minimum atomic E-state index is -0.257. The summed E-state index contributed by atoms with van der Waals surface area (Å²) < 4.78 is 0. The van der Waals surface area contributed by atoms with Crippen LogP contribution in [0.15, 0.2) is 42.5 Å². The van der Waals surface area contributed by atoms with Gasteiger partial charge >= 0.3 is 0 Å². The molecule has 1 atom stereocenters. The zero-order valence-electron chi connectivity index (χ0n) is 10.7. The van der Waals surface area contributed by atoms with Crippen molar-refractivity contribution in [1.29, 1.82) is 0 Å². The highest BCUT2D eigenvalue weighted by Crippen LogP contribution is 2.33. The average Bonchev–Trinajstić information content (AvgIpc) is 2.46. The van der Waals surface area contributed by atoms with Crippen molar-refractivity contribution in [3.05, 3.63) is 63.6 Å². The number of nitrogens with zero attached hydrogens (tertiary/aromatic N) is 1. The van der Waals surface area contributed by atoms with Crippen LogP contribution in [-0.2, 0) is 0 Å². The van der Waals surface area contributed by atoms with Crippen molar-refractivity contribution in [2.45, 2.75) is 6.17 Å². The van der Waals surface area contributed by atoms with E-state index in [0.29, 0.717) is 15.6 Å². The van der Waals surface area contributed by atoms with Crippen LogP contribution in [0.4, 0.5) is 5.69 Å². The van der Waals surface area contributed by atoms with Crippen molar-refractivity contribution in [2.75, 3.05) is 11.9 Å². The molecule has 1 amide bonds. The first-order valence-corrected chi connectivity index (χ1v) is 6.91. The molecule has 1 heterocycles. The molecule has 0 fully saturated rings. The molecule has 20 heavy (non-hydrogen) atoms. The lowest BCUT2D eigenvalue weighted by Crippen LogP contribution is -2.44. The van der Waals surface area contributed by atoms with Gasteiger partial charge in [0.25, 0.3) is 5.91 Å². The van der Waals surface area contributed by atoms with Gasteiger partial charge in [0.05, 0.1) is 21.3 Å². The number of nitrogens with one attached hydrogen (secondary N) is 1. The van der Waals surface area contributed by atoms with Gasteiger partial charge in [0.15, 0.2) is 0 Å². The molecule has 0 unspecified atom stereocenters. The number of rotatable bonds is 1. The summed E-state index contributed by atoms with van der Waals surface area (Å²) in [6, 6.07) is 12.9. The van der Waals surface area contributed by atoms with Crippen molar-refractivity contribution >= 4 is 34.8 Å². The smallest absolute Gasteiger partial charge is 0.255 e. The Balaban J connectivity index is 2.04. The zero-order chi connectivity index (χ0) is 14.3. The molecule has 2 aromatic carbocycles. The highest BCUT2D eigenvalue weighted by molar-refractivity contribution is 6.42. The van der Waals surface area contributed by atoms with Crippen LogP contribution in [0.5, 0.6) is 0 Å². The number of amides is 1. The molecule has 1 aliphatic rings. The number of benzene rings is 2. The summed E-state index contributed by atoms with van der Waals surface area (Å²) in [4.78, 5) is 14.2. The molecule has 1 N–H and O–H groups in total. The second-order valence-electron chi connectivity index (χ2n) is 4.68. The van der Waals surface area contributed by atoms with Crippen LogP contribution in [0, 0.1) is 0 Å². The summed E-state index contributed by atoms with van der Waals surface area (Å²) in [6.07, 6.45) is -0.257. The third-order valence-electron chi connectivity index (χ3n) is 3.44. The molecule has 0 bridgehead atoms. The fraction of sp³-hybridized carbons (Fsp3) is 0.133. The summed E-state index contributed by atoms with van der Waals surface area (Å²) >= 11 is 12.0. The van der Waals surface area contributed by atoms with Crippen LogP contribution >= 0.6 is 23.2 Å². The van der Waals surface area contributed by atoms with Crippen LogP contribution in [-0.4, -0.2) is 13.0 Å². The van der Waals surface area contributed by atoms with E-state index < -0.39 is 0 Å². The quantitative estimate of drug-likeness (QED) is 0.867. The van der Waals surface area contributed by atoms with Crippen LogP contribution in [0.2, 0.25) is 10.0 Å². The van der Waals surface area contributed by atoms with Gasteiger partial charge in [0, 0.05) is 7.05 Å². The number of halogens is 2. The largest absolute Gasteiger partial charge is 0.350 e. The molecular formula is C15H12Cl2N2O. The lowest BCUT2D eigenvalue weighted by molar-refractivity contribution is 0.0928. The second-order valence-corrected chi connectivity index (χ2v) is 5.49. The fourth-order valence-electron chi connectivity index (χ4n) is 2.40. The maximum Gasteiger partial charge on any atom is 0.255 e. The normalized spacial score (nSPS) is 17.6. The van der Waals surface area contributed by atoms with Gasteiger partial charge in [-0.05, 0) is 29.8 Å². The van der Waals surface area contributed by atoms with Gasteiger partial charge in [0.1, 0.15) is 6.17 Å². The first kappa shape index (κ1) is 13.3. The Morgan fingerprint density at radius 3 is 2.60 bits per heavy atom. The minimum Gasteiger partial charge on any atom is -0.350 e. The molecule has 2 aromatic rings. The van der Waals surface area contributed by atoms with Crippen molar-refractivity contribution in [1.82, 2.24) is 5.32 Å². The van der Waals surface area contributed by atoms with Crippen LogP contribution in [0.25, 0.3) is 0 Å². The summed E-state index contributed by atoms with van der Waals surface area (Å²) in [5.41, 5.74) is 2.46. The summed E-state index contributed by atoms with van der Waals surface area (Å²) in [7, 11) is 1.94. The standard InChI is InChI=1S/C15H12Cl2N2O/c1-19-13-5-3-2-4-10(13)15(20)18-14(19)9-6-7-11(16)12(17)8-9/h2-8,14H,1H3,(H,18,20)/t14-/m1/s1. The maximum absolute atomic E-state index is 12.2. The lowest BCUT2D eigenvalue weighted by atomic mass is 10.0. The Kier molecular flexibility index (Phi) is 3.32. The molecule has 0 saturated carbocycles. The van der Waals surface area contributed by atoms with E-state index in [1.165, 1.54) is 0 Å². The van der Waals surface area contributed by atoms with Crippen LogP contribution < -0.4 is 10.2 Å². The van der Waals surface area contributed by atoms with E-state index >= 15 is 0 Å². The van der Waals surface area contributed by atoms with Crippen LogP contribution in [0.1, 0.15) is 22.1 Å². The fourth-order valence-corrected chi connectivity index (χ4v) is 2.71. The highest BCUT2D eigenvalue weighted by Gasteiger charge is 2.29. The first-order chi connectivity index (χ1) is 9.58. The molecule has 0 saturated heterocycles. The SMILES string of the molecule is CN1c2ccccc2C(=O)N[C@H]1c1ccc(Cl)c(Cl)c1. The lowest BCUT2D eigenvalue weighted by Gasteiger charge is -2.36. The van der Waals surface area contributed by atoms with Crippen molar-refractivity contribution in [3.63, 3.8) is 0 Å². The number of carbonyl (C=O) groups excluding carboxylic acids is 1. The number of para-hydroxylation sites is 1. The Labute approximate surface area is 127 Å². The van der Waals surface area contributed by atoms with E-state index in [1.54, 1.807) is 12.1 Å². The molecule has 0 spiro atoms. The molecule has 5 heteroatoms. The molecule has 3 rings (SSSR count). The Morgan fingerprint density at radius 1 is 1.10 bits per heavy atom. The van der Waals surface area contributed by atoms with Gasteiger partial charge in [-0.3, -0.25) is 4.79 Å². The third kappa shape index (κ3) is 2.13. The van der Waals surface area contributed by atoms with Gasteiger partial charge in [-0.1, -0.05) is 41.4 Å². The van der Waals surface area contributed by atoms with Crippen molar-refractivity contribution < 1.29 is 4.79 Å². The second kappa shape index (κ2) is 5.00. The summed E-state index contributed by atoms with van der Waals surface area (Å²) in [5.74, 6) is -0.0882. The van der Waals surface area contributed by atoms with E-state index in [2.05, 4.69) is 5.32 Å². The van der Waals surface area contributed by atoms with E-state index in [-0.39, 0.29) is 12.1 Å². The number of fused-ring (bicyclic) bond motifs is 1. The predicted octanol–water partition coefficient (Wildman–Crippen LogP) is 3.87. The number of hydrogen-bond donors (Lipinski definition) is 1. The Morgan fingerprint density at radius 2 is 1.85 bits per heavy atom. The van der Waals surface area contributed by atoms with Gasteiger partial charge in [-0.2, -0.15) is 0 Å². The van der Waals surface area contributed by atoms with Crippen LogP contribution in [0.3, 0.4) is 0 Å². The van der Waals surface area contributed by atoms with E-state index in [9.17, 15) is 4.79 Å². The Bertz CT molecular complexity index is 687. The molecule has 0 aromatic heterocycles. The molecule has 1 aliphatic heterocycles. The van der Waals surface area contributed by atoms with Gasteiger partial charge in [0.2, 0.25) is 0 Å². The van der Waals surface area contributed by atoms with Crippen molar-refractivity contribution in [3.8, 4) is 0 Å². The topological polar surface area (TPSA) is 32.3 Å². The third-order valence-corrected chi connectivity index (χ3v) is 4.18. The monoisotopic (exact) mass is 306 g/mol. The van der Waals surface area contributed by atoms with E-state index in [1.807, 2.05) is 42.3 Å². The molecular weight excluding hydrogens is 295 g/mol. The number of anilines is 1. The summed E-state index contributed by atoms with van der Waals surface area (Å²) in [6.45, 7) is 0. The van der Waals surface area contributed by atoms with Crippen molar-refractivity contribution in [2.24, 2.45) is 0 Å². The minimum absolute atomic E-state index is 0.0882. The molecule has 102 valence electrons. The van der Waals surface area contributed by atoms with E-state index in [4.69, 9.17) is 23.2 Å². The first-order valence-electron chi connectivity index (χ1n) is 6.15. The average molecular weight is 307 g/mol. The van der Waals surface area contributed by atoms with Gasteiger partial charge in [-0.15, -0.1) is 0 Å². The molecule has 3 nitrogen and oxygen atoms in total. The molecule has 0 radical (unpaired) electrons. The van der Waals surface area contributed by atoms with Gasteiger partial charge < -0.3 is 10.2 Å². The maximum atomic E-state index is 12.2. The zero-order valence-corrected chi connectivity index (χ0v) is 12.2. The summed E-state index contributed by atoms with van der Waals surface area (Å²) in [5, 5.41) is 3.95. The number of carbonyl (C=O) groups is 1.